The minimum absolute atomic E-state index is 0.0321. The van der Waals surface area contributed by atoms with Gasteiger partial charge in [-0.3, -0.25) is 38.8 Å². The molecule has 57 heavy (non-hydrogen) atoms. The summed E-state index contributed by atoms with van der Waals surface area (Å²) in [7, 11) is 1.56. The van der Waals surface area contributed by atoms with Gasteiger partial charge < -0.3 is 20.3 Å². The van der Waals surface area contributed by atoms with Crippen LogP contribution in [-0.4, -0.2) is 86.2 Å². The van der Waals surface area contributed by atoms with E-state index in [1.165, 1.54) is 0 Å². The molecule has 0 bridgehead atoms. The van der Waals surface area contributed by atoms with Crippen LogP contribution < -0.4 is 25.6 Å². The Balaban J connectivity index is 0.906. The first kappa shape index (κ1) is 37.3. The van der Waals surface area contributed by atoms with Crippen molar-refractivity contribution in [3.8, 4) is 17.5 Å². The van der Waals surface area contributed by atoms with Gasteiger partial charge in [0.15, 0.2) is 11.5 Å². The van der Waals surface area contributed by atoms with Crippen LogP contribution in [0.15, 0.2) is 48.9 Å². The summed E-state index contributed by atoms with van der Waals surface area (Å²) in [6.07, 6.45) is 9.72. The number of benzene rings is 2. The number of fused-ring (bicyclic) bond motifs is 4. The number of ether oxygens (including phenoxy) is 1. The standard InChI is InChI=1S/C41H42N10O6/c1-3-29-36-28(20-42)46-22-49(36)31-21-45-33(47-37(31)50(29)25-8-4-5-9-25)19-23-12-13-24(18-32(23)57-2)38(53)44-17-7-16-43-27-11-6-10-26-35(27)41(56)51(40(26)55)30-14-15-34(52)48-39(30)54/h6,10-13,18,21-22,25,29-30,43H,3-5,7-9,14-17,19H2,1-2H3,(H,44,53)(H,48,52,54)/t29-,30?/m1/s1. The molecule has 0 spiro atoms. The number of rotatable bonds is 12. The van der Waals surface area contributed by atoms with Gasteiger partial charge in [0.1, 0.15) is 35.7 Å². The van der Waals surface area contributed by atoms with E-state index >= 15 is 0 Å². The number of piperidine rings is 1. The first-order valence-corrected chi connectivity index (χ1v) is 19.4. The van der Waals surface area contributed by atoms with E-state index < -0.39 is 29.7 Å². The molecule has 1 aliphatic carbocycles. The van der Waals surface area contributed by atoms with Crippen molar-refractivity contribution in [1.82, 2.24) is 35.1 Å². The van der Waals surface area contributed by atoms with E-state index in [1.54, 1.807) is 50.0 Å². The highest BCUT2D eigenvalue weighted by Crippen LogP contribution is 2.44. The fraction of sp³-hybridized carbons (Fsp3) is 0.390. The Bertz CT molecular complexity index is 2340. The molecule has 1 saturated carbocycles. The molecule has 1 unspecified atom stereocenters. The van der Waals surface area contributed by atoms with E-state index in [4.69, 9.17) is 14.7 Å². The zero-order valence-electron chi connectivity index (χ0n) is 31.7. The number of carbonyl (C=O) groups is 5. The average molecular weight is 771 g/mol. The van der Waals surface area contributed by atoms with Crippen LogP contribution in [0.25, 0.3) is 5.69 Å². The van der Waals surface area contributed by atoms with Crippen molar-refractivity contribution in [1.29, 1.82) is 5.26 Å². The normalized spacial score (nSPS) is 18.8. The number of aromatic nitrogens is 4. The minimum Gasteiger partial charge on any atom is -0.496 e. The predicted octanol–water partition coefficient (Wildman–Crippen LogP) is 3.98. The second-order valence-electron chi connectivity index (χ2n) is 14.6. The second kappa shape index (κ2) is 15.5. The van der Waals surface area contributed by atoms with Crippen molar-refractivity contribution in [3.05, 3.63) is 88.4 Å². The molecular weight excluding hydrogens is 729 g/mol. The van der Waals surface area contributed by atoms with Crippen molar-refractivity contribution in [3.63, 3.8) is 0 Å². The van der Waals surface area contributed by atoms with E-state index in [0.29, 0.717) is 60.5 Å². The summed E-state index contributed by atoms with van der Waals surface area (Å²) >= 11 is 0. The molecule has 8 rings (SSSR count). The summed E-state index contributed by atoms with van der Waals surface area (Å²) in [4.78, 5) is 81.4. The molecule has 0 radical (unpaired) electrons. The molecule has 5 amide bonds. The molecule has 2 atom stereocenters. The Morgan fingerprint density at radius 2 is 1.88 bits per heavy atom. The van der Waals surface area contributed by atoms with E-state index in [2.05, 4.69) is 38.8 Å². The third-order valence-electron chi connectivity index (χ3n) is 11.3. The summed E-state index contributed by atoms with van der Waals surface area (Å²) in [5, 5.41) is 18.2. The first-order chi connectivity index (χ1) is 27.7. The average Bonchev–Trinajstić information content (AvgIpc) is 3.97. The molecule has 1 saturated heterocycles. The molecule has 2 aromatic carbocycles. The van der Waals surface area contributed by atoms with E-state index in [1.807, 2.05) is 10.6 Å². The highest BCUT2D eigenvalue weighted by Gasteiger charge is 2.46. The molecule has 4 aliphatic rings. The number of imidazole rings is 1. The number of nitrogens with one attached hydrogen (secondary N) is 3. The lowest BCUT2D eigenvalue weighted by atomic mass is 10.0. The van der Waals surface area contributed by atoms with Crippen LogP contribution in [0.1, 0.15) is 118 Å². The van der Waals surface area contributed by atoms with Crippen LogP contribution >= 0.6 is 0 Å². The van der Waals surface area contributed by atoms with Crippen molar-refractivity contribution in [2.24, 2.45) is 0 Å². The molecule has 5 heterocycles. The van der Waals surface area contributed by atoms with Gasteiger partial charge in [0.25, 0.3) is 17.7 Å². The number of carbonyl (C=O) groups excluding carboxylic acids is 5. The quantitative estimate of drug-likeness (QED) is 0.138. The summed E-state index contributed by atoms with van der Waals surface area (Å²) in [6, 6.07) is 11.7. The lowest BCUT2D eigenvalue weighted by molar-refractivity contribution is -0.136. The van der Waals surface area contributed by atoms with Crippen LogP contribution in [0.2, 0.25) is 0 Å². The number of hydrogen-bond donors (Lipinski definition) is 3. The van der Waals surface area contributed by atoms with Crippen molar-refractivity contribution < 1.29 is 28.7 Å². The maximum absolute atomic E-state index is 13.4. The van der Waals surface area contributed by atoms with E-state index in [0.717, 1.165) is 59.8 Å². The minimum atomic E-state index is -1.05. The summed E-state index contributed by atoms with van der Waals surface area (Å²) in [5.74, 6) is -0.557. The number of methoxy groups -OCH3 is 1. The van der Waals surface area contributed by atoms with Gasteiger partial charge in [-0.2, -0.15) is 5.26 Å². The summed E-state index contributed by atoms with van der Waals surface area (Å²) < 4.78 is 7.69. The molecular formula is C41H42N10O6. The van der Waals surface area contributed by atoms with Crippen LogP contribution in [0, 0.1) is 11.3 Å². The van der Waals surface area contributed by atoms with Crippen molar-refractivity contribution in [2.45, 2.75) is 82.8 Å². The molecule has 4 aromatic rings. The fourth-order valence-electron chi connectivity index (χ4n) is 8.56. The Morgan fingerprint density at radius 1 is 1.05 bits per heavy atom. The molecule has 2 aromatic heterocycles. The zero-order valence-corrected chi connectivity index (χ0v) is 31.7. The largest absolute Gasteiger partial charge is 0.496 e. The lowest BCUT2D eigenvalue weighted by Crippen LogP contribution is -2.54. The molecule has 3 N–H and O–H groups in total. The van der Waals surface area contributed by atoms with Crippen LogP contribution in [-0.2, 0) is 16.0 Å². The van der Waals surface area contributed by atoms with Gasteiger partial charge in [0.2, 0.25) is 11.8 Å². The van der Waals surface area contributed by atoms with Gasteiger partial charge in [-0.05, 0) is 56.4 Å². The molecule has 16 heteroatoms. The monoisotopic (exact) mass is 770 g/mol. The maximum atomic E-state index is 13.4. The van der Waals surface area contributed by atoms with Gasteiger partial charge in [0.05, 0.1) is 36.2 Å². The van der Waals surface area contributed by atoms with Crippen LogP contribution in [0.3, 0.4) is 0 Å². The first-order valence-electron chi connectivity index (χ1n) is 19.4. The molecule has 16 nitrogen and oxygen atoms in total. The summed E-state index contributed by atoms with van der Waals surface area (Å²) in [5.41, 5.74) is 4.19. The number of imide groups is 2. The number of anilines is 2. The Hall–Kier alpha value is -6.63. The Morgan fingerprint density at radius 3 is 2.63 bits per heavy atom. The van der Waals surface area contributed by atoms with Crippen LogP contribution in [0.4, 0.5) is 11.5 Å². The highest BCUT2D eigenvalue weighted by atomic mass is 16.5. The summed E-state index contributed by atoms with van der Waals surface area (Å²) in [6.45, 7) is 2.84. The van der Waals surface area contributed by atoms with Crippen molar-refractivity contribution >= 4 is 41.0 Å². The number of nitrogens with zero attached hydrogens (tertiary/aromatic N) is 7. The lowest BCUT2D eigenvalue weighted by Gasteiger charge is -2.42. The van der Waals surface area contributed by atoms with Gasteiger partial charge >= 0.3 is 0 Å². The Kier molecular flexibility index (Phi) is 10.1. The zero-order chi connectivity index (χ0) is 39.8. The van der Waals surface area contributed by atoms with Crippen molar-refractivity contribution in [2.75, 3.05) is 30.4 Å². The molecule has 3 aliphatic heterocycles. The molecule has 292 valence electrons. The van der Waals surface area contributed by atoms with Gasteiger partial charge in [-0.15, -0.1) is 0 Å². The topological polar surface area (TPSA) is 205 Å². The van der Waals surface area contributed by atoms with Gasteiger partial charge in [-0.1, -0.05) is 31.9 Å². The molecule has 2 fully saturated rings. The third-order valence-corrected chi connectivity index (χ3v) is 11.3. The Labute approximate surface area is 328 Å². The highest BCUT2D eigenvalue weighted by molar-refractivity contribution is 6.25. The van der Waals surface area contributed by atoms with E-state index in [9.17, 15) is 29.2 Å². The predicted molar refractivity (Wildman–Crippen MR) is 206 cm³/mol. The number of amides is 5. The second-order valence-corrected chi connectivity index (χ2v) is 14.6. The fourth-order valence-corrected chi connectivity index (χ4v) is 8.56. The van der Waals surface area contributed by atoms with Crippen LogP contribution in [0.5, 0.6) is 5.75 Å². The smallest absolute Gasteiger partial charge is 0.264 e. The van der Waals surface area contributed by atoms with Gasteiger partial charge in [0, 0.05) is 48.8 Å². The number of nitriles is 1. The number of hydrogen-bond acceptors (Lipinski definition) is 12. The van der Waals surface area contributed by atoms with E-state index in [-0.39, 0.29) is 35.9 Å². The SMILES string of the molecule is CC[C@@H]1c2c(C#N)ncn2-c2cnc(Cc3ccc(C(=O)NCCCNc4cccc5c4C(=O)N(C4CCC(=O)NC4=O)C5=O)cc3OC)nc2N1C1CCCC1. The third kappa shape index (κ3) is 6.72. The maximum Gasteiger partial charge on any atom is 0.264 e. The van der Waals surface area contributed by atoms with Gasteiger partial charge in [-0.25, -0.2) is 15.0 Å².